The molecule has 13 heavy (non-hydrogen) atoms. The molecule has 0 aliphatic heterocycles. The zero-order chi connectivity index (χ0) is 9.52. The van der Waals surface area contributed by atoms with Crippen LogP contribution in [0.1, 0.15) is 32.1 Å². The van der Waals surface area contributed by atoms with Crippen molar-refractivity contribution in [2.24, 2.45) is 0 Å². The van der Waals surface area contributed by atoms with Gasteiger partial charge in [0, 0.05) is 12.6 Å². The van der Waals surface area contributed by atoms with Crippen LogP contribution in [0.25, 0.3) is 0 Å². The van der Waals surface area contributed by atoms with Crippen molar-refractivity contribution in [2.75, 3.05) is 13.2 Å². The molecular formula is C8H16NO3S-. The van der Waals surface area contributed by atoms with Crippen LogP contribution >= 0.6 is 0 Å². The topological polar surface area (TPSA) is 61.4 Å². The van der Waals surface area contributed by atoms with Crippen LogP contribution in [0, 0.1) is 0 Å². The van der Waals surface area contributed by atoms with Gasteiger partial charge in [0.25, 0.3) is 0 Å². The fraction of sp³-hybridized carbons (Fsp3) is 1.00. The minimum atomic E-state index is -2.36. The molecule has 1 saturated carbocycles. The molecule has 78 valence electrons. The van der Waals surface area contributed by atoms with E-state index >= 15 is 0 Å². The first-order valence-corrected chi connectivity index (χ1v) is 5.75. The summed E-state index contributed by atoms with van der Waals surface area (Å²) in [6.45, 7) is 0.866. The van der Waals surface area contributed by atoms with Gasteiger partial charge < -0.3 is 9.87 Å². The minimum Gasteiger partial charge on any atom is -0.750 e. The molecule has 0 aromatic rings. The summed E-state index contributed by atoms with van der Waals surface area (Å²) in [4.78, 5) is 0. The molecule has 1 aliphatic rings. The minimum absolute atomic E-state index is 0.243. The van der Waals surface area contributed by atoms with Gasteiger partial charge in [-0.3, -0.25) is 4.18 Å². The predicted molar refractivity (Wildman–Crippen MR) is 49.7 cm³/mol. The molecule has 5 heteroatoms. The Bertz CT molecular complexity index is 159. The third kappa shape index (κ3) is 5.36. The molecule has 1 fully saturated rings. The lowest BCUT2D eigenvalue weighted by Gasteiger charge is -2.22. The summed E-state index contributed by atoms with van der Waals surface area (Å²) < 4.78 is 24.4. The Morgan fingerprint density at radius 2 is 2.08 bits per heavy atom. The van der Waals surface area contributed by atoms with Gasteiger partial charge in [0.1, 0.15) is 0 Å². The van der Waals surface area contributed by atoms with E-state index < -0.39 is 11.4 Å². The van der Waals surface area contributed by atoms with Crippen LogP contribution in [0.2, 0.25) is 0 Å². The van der Waals surface area contributed by atoms with Crippen LogP contribution in [0.15, 0.2) is 0 Å². The third-order valence-corrected chi connectivity index (χ3v) is 2.68. The number of hydrogen-bond acceptors (Lipinski definition) is 4. The third-order valence-electron chi connectivity index (χ3n) is 2.32. The molecule has 1 rings (SSSR count). The Hall–Kier alpha value is 0.0300. The summed E-state index contributed by atoms with van der Waals surface area (Å²) in [7, 11) is 0. The van der Waals surface area contributed by atoms with E-state index in [1.807, 2.05) is 0 Å². The second-order valence-corrected chi connectivity index (χ2v) is 3.96. The largest absolute Gasteiger partial charge is 0.750 e. The molecule has 0 saturated heterocycles. The van der Waals surface area contributed by atoms with Crippen molar-refractivity contribution in [3.8, 4) is 0 Å². The van der Waals surface area contributed by atoms with Crippen molar-refractivity contribution in [1.82, 2.24) is 5.32 Å². The van der Waals surface area contributed by atoms with Crippen molar-refractivity contribution in [3.05, 3.63) is 0 Å². The molecule has 0 bridgehead atoms. The standard InChI is InChI=1S/C8H17NO3S/c10-13(11)12-7-6-9-8-4-2-1-3-5-8/h8-9H,1-7H2,(H,10,11)/p-1. The highest BCUT2D eigenvalue weighted by Gasteiger charge is 2.11. The van der Waals surface area contributed by atoms with Gasteiger partial charge in [0.2, 0.25) is 0 Å². The molecule has 0 amide bonds. The summed E-state index contributed by atoms with van der Waals surface area (Å²) in [6, 6.07) is 0.567. The second-order valence-electron chi connectivity index (χ2n) is 3.32. The maximum atomic E-state index is 10.0. The highest BCUT2D eigenvalue weighted by molar-refractivity contribution is 7.74. The van der Waals surface area contributed by atoms with Crippen molar-refractivity contribution >= 4 is 11.4 Å². The Morgan fingerprint density at radius 3 is 2.69 bits per heavy atom. The molecule has 0 spiro atoms. The zero-order valence-electron chi connectivity index (χ0n) is 7.66. The van der Waals surface area contributed by atoms with Gasteiger partial charge in [-0.15, -0.1) is 0 Å². The quantitative estimate of drug-likeness (QED) is 0.532. The van der Waals surface area contributed by atoms with Crippen LogP contribution in [0.3, 0.4) is 0 Å². The van der Waals surface area contributed by atoms with Gasteiger partial charge in [0.05, 0.1) is 18.0 Å². The van der Waals surface area contributed by atoms with Crippen LogP contribution in [-0.4, -0.2) is 28.0 Å². The highest BCUT2D eigenvalue weighted by Crippen LogP contribution is 2.16. The first-order valence-electron chi connectivity index (χ1n) is 4.75. The van der Waals surface area contributed by atoms with E-state index in [1.165, 1.54) is 32.1 Å². The van der Waals surface area contributed by atoms with Gasteiger partial charge >= 0.3 is 0 Å². The monoisotopic (exact) mass is 206 g/mol. The van der Waals surface area contributed by atoms with E-state index in [2.05, 4.69) is 9.50 Å². The van der Waals surface area contributed by atoms with Gasteiger partial charge in [-0.2, -0.15) is 0 Å². The molecule has 1 N–H and O–H groups in total. The van der Waals surface area contributed by atoms with E-state index in [9.17, 15) is 8.76 Å². The summed E-state index contributed by atoms with van der Waals surface area (Å²) in [6.07, 6.45) is 6.32. The van der Waals surface area contributed by atoms with Gasteiger partial charge in [-0.1, -0.05) is 19.3 Å². The number of hydrogen-bond donors (Lipinski definition) is 1. The summed E-state index contributed by atoms with van der Waals surface area (Å²) in [5.74, 6) is 0. The first-order chi connectivity index (χ1) is 6.29. The molecule has 0 radical (unpaired) electrons. The molecule has 1 unspecified atom stereocenters. The van der Waals surface area contributed by atoms with Gasteiger partial charge in [0.15, 0.2) is 0 Å². The Morgan fingerprint density at radius 1 is 1.38 bits per heavy atom. The SMILES string of the molecule is O=S([O-])OCCNC1CCCCC1. The van der Waals surface area contributed by atoms with E-state index in [4.69, 9.17) is 0 Å². The molecule has 0 heterocycles. The predicted octanol–water partition coefficient (Wildman–Crippen LogP) is 0.719. The fourth-order valence-electron chi connectivity index (χ4n) is 1.68. The lowest BCUT2D eigenvalue weighted by molar-refractivity contribution is 0.280. The molecule has 4 nitrogen and oxygen atoms in total. The van der Waals surface area contributed by atoms with E-state index in [0.717, 1.165) is 0 Å². The van der Waals surface area contributed by atoms with Crippen molar-refractivity contribution in [2.45, 2.75) is 38.1 Å². The maximum absolute atomic E-state index is 10.0. The molecular weight excluding hydrogens is 190 g/mol. The van der Waals surface area contributed by atoms with Crippen LogP contribution in [0.4, 0.5) is 0 Å². The van der Waals surface area contributed by atoms with E-state index in [0.29, 0.717) is 12.6 Å². The van der Waals surface area contributed by atoms with E-state index in [-0.39, 0.29) is 6.61 Å². The van der Waals surface area contributed by atoms with Gasteiger partial charge in [-0.05, 0) is 12.8 Å². The Kier molecular flexibility index (Phi) is 5.54. The molecule has 1 aliphatic carbocycles. The lowest BCUT2D eigenvalue weighted by Crippen LogP contribution is -2.33. The summed E-state index contributed by atoms with van der Waals surface area (Å²) in [5.41, 5.74) is 0. The van der Waals surface area contributed by atoms with Crippen LogP contribution < -0.4 is 5.32 Å². The molecule has 0 aromatic carbocycles. The molecule has 0 aromatic heterocycles. The average molecular weight is 206 g/mol. The van der Waals surface area contributed by atoms with Crippen molar-refractivity contribution in [1.29, 1.82) is 0 Å². The fourth-order valence-corrected chi connectivity index (χ4v) is 1.90. The Balaban J connectivity index is 1.95. The maximum Gasteiger partial charge on any atom is 0.0842 e. The summed E-state index contributed by atoms with van der Waals surface area (Å²) >= 11 is -2.36. The number of rotatable bonds is 5. The average Bonchev–Trinajstić information content (AvgIpc) is 2.14. The Labute approximate surface area is 81.5 Å². The normalized spacial score (nSPS) is 21.6. The smallest absolute Gasteiger partial charge is 0.0842 e. The number of nitrogens with one attached hydrogen (secondary N) is 1. The summed E-state index contributed by atoms with van der Waals surface area (Å²) in [5, 5.41) is 3.28. The highest BCUT2D eigenvalue weighted by atomic mass is 32.2. The van der Waals surface area contributed by atoms with Crippen molar-refractivity contribution < 1.29 is 12.9 Å². The van der Waals surface area contributed by atoms with Crippen LogP contribution in [-0.2, 0) is 15.5 Å². The van der Waals surface area contributed by atoms with Crippen LogP contribution in [0.5, 0.6) is 0 Å². The molecule has 1 atom stereocenters. The van der Waals surface area contributed by atoms with E-state index in [1.54, 1.807) is 0 Å². The second kappa shape index (κ2) is 6.48. The zero-order valence-corrected chi connectivity index (χ0v) is 8.48. The van der Waals surface area contributed by atoms with Gasteiger partial charge in [-0.25, -0.2) is 4.21 Å². The van der Waals surface area contributed by atoms with Crippen molar-refractivity contribution in [3.63, 3.8) is 0 Å². The lowest BCUT2D eigenvalue weighted by atomic mass is 9.96. The first kappa shape index (κ1) is 11.1.